The van der Waals surface area contributed by atoms with Crippen LogP contribution in [0.2, 0.25) is 0 Å². The number of aromatic nitrogens is 1. The molecule has 0 saturated heterocycles. The Morgan fingerprint density at radius 2 is 2.10 bits per heavy atom. The minimum atomic E-state index is -0.523. The van der Waals surface area contributed by atoms with E-state index in [0.29, 0.717) is 0 Å². The van der Waals surface area contributed by atoms with Crippen LogP contribution in [-0.2, 0) is 0 Å². The van der Waals surface area contributed by atoms with Crippen LogP contribution >= 0.6 is 15.9 Å². The van der Waals surface area contributed by atoms with Gasteiger partial charge in [-0.2, -0.15) is 0 Å². The third-order valence-corrected chi connectivity index (χ3v) is 3.28. The van der Waals surface area contributed by atoms with Gasteiger partial charge in [0.15, 0.2) is 5.88 Å². The predicted molar refractivity (Wildman–Crippen MR) is 78.8 cm³/mol. The lowest BCUT2D eigenvalue weighted by Gasteiger charge is -2.14. The number of hydrogen-bond acceptors (Lipinski definition) is 3. The Balaban J connectivity index is 2.17. The van der Waals surface area contributed by atoms with Gasteiger partial charge in [-0.1, -0.05) is 28.1 Å². The smallest absolute Gasteiger partial charge is 0.252 e. The second kappa shape index (κ2) is 5.92. The van der Waals surface area contributed by atoms with E-state index in [1.807, 2.05) is 31.2 Å². The Morgan fingerprint density at radius 3 is 2.75 bits per heavy atom. The van der Waals surface area contributed by atoms with Crippen LogP contribution in [0, 0.1) is 0 Å². The average molecular weight is 337 g/mol. The lowest BCUT2D eigenvalue weighted by molar-refractivity contribution is 0.0939. The van der Waals surface area contributed by atoms with Gasteiger partial charge in [-0.05, 0) is 24.6 Å². The molecule has 1 unspecified atom stereocenters. The maximum absolute atomic E-state index is 12.0. The number of aromatic amines is 1. The number of benzene rings is 1. The van der Waals surface area contributed by atoms with Crippen molar-refractivity contribution in [3.05, 3.63) is 62.4 Å². The summed E-state index contributed by atoms with van der Waals surface area (Å²) in [6.07, 6.45) is 0. The molecule has 3 N–H and O–H groups in total. The van der Waals surface area contributed by atoms with Crippen LogP contribution in [0.25, 0.3) is 0 Å². The van der Waals surface area contributed by atoms with Crippen LogP contribution in [0.4, 0.5) is 0 Å². The molecule has 0 radical (unpaired) electrons. The van der Waals surface area contributed by atoms with E-state index in [9.17, 15) is 14.7 Å². The summed E-state index contributed by atoms with van der Waals surface area (Å²) in [4.78, 5) is 25.4. The van der Waals surface area contributed by atoms with Crippen molar-refractivity contribution in [3.8, 4) is 5.88 Å². The Bertz CT molecular complexity index is 697. The molecular weight excluding hydrogens is 324 g/mol. The van der Waals surface area contributed by atoms with E-state index >= 15 is 0 Å². The first-order valence-electron chi connectivity index (χ1n) is 5.95. The van der Waals surface area contributed by atoms with Crippen LogP contribution in [0.3, 0.4) is 0 Å². The molecule has 20 heavy (non-hydrogen) atoms. The molecule has 1 aromatic carbocycles. The van der Waals surface area contributed by atoms with Gasteiger partial charge in [0.2, 0.25) is 0 Å². The Morgan fingerprint density at radius 1 is 1.35 bits per heavy atom. The molecule has 104 valence electrons. The van der Waals surface area contributed by atoms with Gasteiger partial charge in [-0.3, -0.25) is 14.6 Å². The molecule has 6 heteroatoms. The quantitative estimate of drug-likeness (QED) is 0.804. The van der Waals surface area contributed by atoms with E-state index in [2.05, 4.69) is 26.2 Å². The van der Waals surface area contributed by atoms with Gasteiger partial charge in [0.1, 0.15) is 0 Å². The van der Waals surface area contributed by atoms with Crippen molar-refractivity contribution in [3.63, 3.8) is 0 Å². The number of pyridine rings is 1. The fourth-order valence-corrected chi connectivity index (χ4v) is 2.22. The Hall–Kier alpha value is -2.08. The normalized spacial score (nSPS) is 11.9. The zero-order valence-electron chi connectivity index (χ0n) is 10.7. The summed E-state index contributed by atoms with van der Waals surface area (Å²) < 4.78 is 0.921. The Labute approximate surface area is 123 Å². The van der Waals surface area contributed by atoms with Gasteiger partial charge in [0.05, 0.1) is 11.6 Å². The Kier molecular flexibility index (Phi) is 4.24. The van der Waals surface area contributed by atoms with E-state index in [0.717, 1.165) is 16.1 Å². The van der Waals surface area contributed by atoms with E-state index in [1.165, 1.54) is 6.07 Å². The molecule has 5 nitrogen and oxygen atoms in total. The number of carbonyl (C=O) groups excluding carboxylic acids is 1. The molecule has 0 aliphatic heterocycles. The van der Waals surface area contributed by atoms with Gasteiger partial charge in [0.25, 0.3) is 11.5 Å². The van der Waals surface area contributed by atoms with Gasteiger partial charge in [0, 0.05) is 16.6 Å². The second-order valence-electron chi connectivity index (χ2n) is 4.37. The van der Waals surface area contributed by atoms with Crippen molar-refractivity contribution in [2.24, 2.45) is 0 Å². The molecule has 2 rings (SSSR count). The number of aromatic hydroxyl groups is 1. The molecule has 0 aliphatic carbocycles. The summed E-state index contributed by atoms with van der Waals surface area (Å²) >= 11 is 3.37. The number of hydrogen-bond donors (Lipinski definition) is 3. The minimum Gasteiger partial charge on any atom is -0.494 e. The maximum atomic E-state index is 12.0. The zero-order valence-corrected chi connectivity index (χ0v) is 12.3. The average Bonchev–Trinajstić information content (AvgIpc) is 2.37. The highest BCUT2D eigenvalue weighted by Crippen LogP contribution is 2.18. The van der Waals surface area contributed by atoms with E-state index in [1.54, 1.807) is 0 Å². The molecule has 0 bridgehead atoms. The van der Waals surface area contributed by atoms with Crippen molar-refractivity contribution in [2.45, 2.75) is 13.0 Å². The highest BCUT2D eigenvalue weighted by molar-refractivity contribution is 9.10. The molecule has 0 aliphatic rings. The number of H-pyrrole nitrogens is 1. The largest absolute Gasteiger partial charge is 0.494 e. The maximum Gasteiger partial charge on any atom is 0.252 e. The zero-order chi connectivity index (χ0) is 14.7. The first-order chi connectivity index (χ1) is 9.45. The highest BCUT2D eigenvalue weighted by atomic mass is 79.9. The topological polar surface area (TPSA) is 82.2 Å². The van der Waals surface area contributed by atoms with Gasteiger partial charge in [-0.25, -0.2) is 0 Å². The third-order valence-electron chi connectivity index (χ3n) is 2.79. The van der Waals surface area contributed by atoms with Crippen LogP contribution in [-0.4, -0.2) is 16.0 Å². The standard InChI is InChI=1S/C14H13BrN2O3/c1-8(9-3-2-4-11(15)5-9)16-14(20)10-6-12(18)17-13(19)7-10/h2-8H,1H3,(H,16,20)(H2,17,18,19). The van der Waals surface area contributed by atoms with Crippen molar-refractivity contribution < 1.29 is 9.90 Å². The van der Waals surface area contributed by atoms with Crippen LogP contribution in [0.5, 0.6) is 5.88 Å². The fourth-order valence-electron chi connectivity index (χ4n) is 1.80. The molecule has 0 saturated carbocycles. The first kappa shape index (κ1) is 14.3. The molecule has 1 aromatic heterocycles. The predicted octanol–water partition coefficient (Wildman–Crippen LogP) is 2.33. The van der Waals surface area contributed by atoms with Crippen LogP contribution < -0.4 is 10.9 Å². The fraction of sp³-hybridized carbons (Fsp3) is 0.143. The molecule has 1 heterocycles. The molecule has 1 atom stereocenters. The first-order valence-corrected chi connectivity index (χ1v) is 6.74. The monoisotopic (exact) mass is 336 g/mol. The van der Waals surface area contributed by atoms with Gasteiger partial charge >= 0.3 is 0 Å². The molecule has 1 amide bonds. The van der Waals surface area contributed by atoms with Crippen molar-refractivity contribution in [1.29, 1.82) is 0 Å². The van der Waals surface area contributed by atoms with Crippen LogP contribution in [0.1, 0.15) is 28.9 Å². The third kappa shape index (κ3) is 3.48. The van der Waals surface area contributed by atoms with Crippen molar-refractivity contribution in [1.82, 2.24) is 10.3 Å². The van der Waals surface area contributed by atoms with Crippen molar-refractivity contribution >= 4 is 21.8 Å². The lowest BCUT2D eigenvalue weighted by atomic mass is 10.1. The summed E-state index contributed by atoms with van der Waals surface area (Å²) in [7, 11) is 0. The second-order valence-corrected chi connectivity index (χ2v) is 5.28. The highest BCUT2D eigenvalue weighted by Gasteiger charge is 2.13. The summed E-state index contributed by atoms with van der Waals surface area (Å²) in [6, 6.07) is 9.70. The number of amides is 1. The summed E-state index contributed by atoms with van der Waals surface area (Å²) in [5.41, 5.74) is 0.528. The molecular formula is C14H13BrN2O3. The number of nitrogens with one attached hydrogen (secondary N) is 2. The molecule has 0 fully saturated rings. The number of halogens is 1. The number of carbonyl (C=O) groups is 1. The van der Waals surface area contributed by atoms with E-state index in [-0.39, 0.29) is 17.5 Å². The lowest BCUT2D eigenvalue weighted by Crippen LogP contribution is -2.27. The van der Waals surface area contributed by atoms with Crippen molar-refractivity contribution in [2.75, 3.05) is 0 Å². The summed E-state index contributed by atoms with van der Waals surface area (Å²) in [5, 5.41) is 12.1. The molecule has 2 aromatic rings. The SMILES string of the molecule is CC(NC(=O)c1cc(O)[nH]c(=O)c1)c1cccc(Br)c1. The minimum absolute atomic E-state index is 0.119. The summed E-state index contributed by atoms with van der Waals surface area (Å²) in [5.74, 6) is -0.753. The van der Waals surface area contributed by atoms with Crippen LogP contribution in [0.15, 0.2) is 45.7 Å². The van der Waals surface area contributed by atoms with E-state index in [4.69, 9.17) is 0 Å². The van der Waals surface area contributed by atoms with Gasteiger partial charge < -0.3 is 10.4 Å². The summed E-state index contributed by atoms with van der Waals surface area (Å²) in [6.45, 7) is 1.84. The van der Waals surface area contributed by atoms with E-state index < -0.39 is 11.5 Å². The molecule has 0 spiro atoms. The number of rotatable bonds is 3. The van der Waals surface area contributed by atoms with Gasteiger partial charge in [-0.15, -0.1) is 0 Å².